The molecular formula is C19H52O9. The molecule has 0 heterocycles. The fourth-order valence-corrected chi connectivity index (χ4v) is 0.721. The van der Waals surface area contributed by atoms with Crippen molar-refractivity contribution in [2.24, 2.45) is 0 Å². The summed E-state index contributed by atoms with van der Waals surface area (Å²) in [6.07, 6.45) is -1.38. The molecule has 0 aliphatic rings. The molecule has 9 heteroatoms. The van der Waals surface area contributed by atoms with Gasteiger partial charge in [0.25, 0.3) is 0 Å². The molecule has 0 aromatic rings. The van der Waals surface area contributed by atoms with Crippen LogP contribution in [0.1, 0.15) is 87.1 Å². The number of ketones is 1. The van der Waals surface area contributed by atoms with Crippen molar-refractivity contribution in [3.05, 3.63) is 0 Å². The number of esters is 3. The Hall–Kier alpha value is -2.00. The molecule has 28 heavy (non-hydrogen) atoms. The molecule has 0 aliphatic heterocycles. The molecule has 0 unspecified atom stereocenters. The molecule has 0 bridgehead atoms. The summed E-state index contributed by atoms with van der Waals surface area (Å²) in [5.41, 5.74) is 0. The number of hydrogen-bond acceptors (Lipinski definition) is 9. The molecule has 0 saturated heterocycles. The average molecular weight is 425 g/mol. The van der Waals surface area contributed by atoms with Crippen molar-refractivity contribution in [3.8, 4) is 0 Å². The normalized spacial score (nSPS) is 6.07. The second-order valence-corrected chi connectivity index (χ2v) is 2.85. The third-order valence-electron chi connectivity index (χ3n) is 1.47. The van der Waals surface area contributed by atoms with Crippen LogP contribution in [0.15, 0.2) is 0 Å². The molecule has 0 radical (unpaired) electrons. The van der Waals surface area contributed by atoms with Gasteiger partial charge in [-0.2, -0.15) is 0 Å². The van der Waals surface area contributed by atoms with Gasteiger partial charge in [-0.3, -0.25) is 19.2 Å². The van der Waals surface area contributed by atoms with Crippen LogP contribution < -0.4 is 0 Å². The van der Waals surface area contributed by atoms with Gasteiger partial charge in [-0.15, -0.1) is 0 Å². The fourth-order valence-electron chi connectivity index (χ4n) is 0.721. The fraction of sp³-hybridized carbons (Fsp3) is 0.789. The summed E-state index contributed by atoms with van der Waals surface area (Å²) in [5.74, 6) is -3.73. The Labute approximate surface area is 175 Å². The first kappa shape index (κ1) is 72.2. The molecule has 0 aromatic carbocycles. The number of carbonyl (C=O) groups is 4. The summed E-state index contributed by atoms with van der Waals surface area (Å²) in [4.78, 5) is 43.0. The Morgan fingerprint density at radius 2 is 0.857 bits per heavy atom. The number of rotatable bonds is 8. The van der Waals surface area contributed by atoms with E-state index < -0.39 is 56.7 Å². The molecule has 0 spiro atoms. The van der Waals surface area contributed by atoms with Gasteiger partial charge in [0, 0.05) is 0 Å². The highest BCUT2D eigenvalue weighted by Crippen LogP contribution is 1.93. The Bertz CT molecular complexity index is 329. The van der Waals surface area contributed by atoms with Crippen LogP contribution in [0.2, 0.25) is 0 Å². The number of ether oxygens (including phenoxy) is 3. The maximum atomic E-state index is 10.9. The van der Waals surface area contributed by atoms with Gasteiger partial charge in [0.2, 0.25) is 6.79 Å². The predicted octanol–water partition coefficient (Wildman–Crippen LogP) is 4.23. The first-order valence-corrected chi connectivity index (χ1v) is 4.70. The lowest BCUT2D eigenvalue weighted by atomic mass is 10.3. The molecule has 0 aromatic heterocycles. The number of Topliss-reactive ketones (excluding diaryl/α,β-unsaturated/α-hetero) is 1. The van der Waals surface area contributed by atoms with Gasteiger partial charge in [-0.05, 0) is 0 Å². The van der Waals surface area contributed by atoms with Crippen LogP contribution in [0, 0.1) is 0 Å². The highest BCUT2D eigenvalue weighted by molar-refractivity contribution is 5.96. The Kier molecular flexibility index (Phi) is 115. The largest absolute Gasteiger partial charge is 0.438 e. The number of aliphatic hydroxyl groups is 2. The predicted molar refractivity (Wildman–Crippen MR) is 119 cm³/mol. The lowest BCUT2D eigenvalue weighted by Gasteiger charge is -2.05. The minimum absolute atomic E-state index is 0. The number of hydrogen-bond donors (Lipinski definition) is 2. The third-order valence-corrected chi connectivity index (χ3v) is 1.47. The Morgan fingerprint density at radius 1 is 0.536 bits per heavy atom. The van der Waals surface area contributed by atoms with E-state index in [1.165, 1.54) is 0 Å². The minimum atomic E-state index is -1.02. The molecule has 0 aliphatic carbocycles. The molecular weight excluding hydrogens is 372 g/mol. The van der Waals surface area contributed by atoms with Crippen LogP contribution in [-0.4, -0.2) is 54.1 Å². The molecule has 182 valence electrons. The summed E-state index contributed by atoms with van der Waals surface area (Å²) in [7, 11) is 0. The number of carbonyl (C=O) groups excluding carboxylic acids is 4. The molecule has 0 saturated carbocycles. The first-order chi connectivity index (χ1) is 8.49. The lowest BCUT2D eigenvalue weighted by Crippen LogP contribution is -2.19. The van der Waals surface area contributed by atoms with Crippen LogP contribution in [0.4, 0.5) is 0 Å². The van der Waals surface area contributed by atoms with Crippen LogP contribution >= 0.6 is 0 Å². The van der Waals surface area contributed by atoms with E-state index in [0.29, 0.717) is 0 Å². The van der Waals surface area contributed by atoms with Crippen LogP contribution in [0.5, 0.6) is 0 Å². The van der Waals surface area contributed by atoms with Crippen molar-refractivity contribution >= 4 is 23.7 Å². The average Bonchev–Trinajstić information content (AvgIpc) is 2.28. The van der Waals surface area contributed by atoms with Gasteiger partial charge in [-0.25, -0.2) is 0 Å². The highest BCUT2D eigenvalue weighted by Gasteiger charge is 2.13. The van der Waals surface area contributed by atoms with Gasteiger partial charge in [0.05, 0.1) is 0 Å². The van der Waals surface area contributed by atoms with E-state index in [1.807, 2.05) is 0 Å². The van der Waals surface area contributed by atoms with Crippen LogP contribution in [0.25, 0.3) is 0 Å². The van der Waals surface area contributed by atoms with Crippen molar-refractivity contribution in [3.63, 3.8) is 0 Å². The zero-order chi connectivity index (χ0) is 14.0. The van der Waals surface area contributed by atoms with Gasteiger partial charge in [0.15, 0.2) is 12.6 Å². The maximum Gasteiger partial charge on any atom is 0.320 e. The Morgan fingerprint density at radius 3 is 1.18 bits per heavy atom. The van der Waals surface area contributed by atoms with Crippen molar-refractivity contribution < 1.29 is 43.6 Å². The molecule has 0 atom stereocenters. The van der Waals surface area contributed by atoms with Gasteiger partial charge < -0.3 is 24.4 Å². The first-order valence-electron chi connectivity index (χ1n) is 4.70. The quantitative estimate of drug-likeness (QED) is 0.333. The topological polar surface area (TPSA) is 136 Å². The van der Waals surface area contributed by atoms with Crippen LogP contribution in [0.3, 0.4) is 0 Å². The number of aliphatic hydroxyl groups excluding tert-OH is 2. The van der Waals surface area contributed by atoms with Gasteiger partial charge in [-0.1, -0.05) is 74.3 Å². The summed E-state index contributed by atoms with van der Waals surface area (Å²) >= 11 is 0. The zero-order valence-corrected chi connectivity index (χ0v) is 9.29. The molecule has 9 nitrogen and oxygen atoms in total. The van der Waals surface area contributed by atoms with E-state index in [2.05, 4.69) is 14.2 Å². The monoisotopic (exact) mass is 424 g/mol. The van der Waals surface area contributed by atoms with Crippen LogP contribution in [-0.2, 0) is 33.4 Å². The van der Waals surface area contributed by atoms with E-state index in [-0.39, 0.29) is 74.3 Å². The standard InChI is InChI=1S/C9H12O9.10CH4/c10-3-6(12)1-7(13)17-5-18-9(15)2-8(14)16-4-11;;;;;;;;;;/h10-11H,1-5H2;10*1H4. The SMILES string of the molecule is C.C.C.C.C.C.C.C.C.C.O=C(CO)CC(=O)OCOC(=O)CC(=O)OCO. The maximum absolute atomic E-state index is 10.9. The molecule has 0 rings (SSSR count). The van der Waals surface area contributed by atoms with Gasteiger partial charge in [0.1, 0.15) is 19.4 Å². The molecule has 0 fully saturated rings. The minimum Gasteiger partial charge on any atom is -0.438 e. The Balaban J connectivity index is -0.0000000321. The summed E-state index contributed by atoms with van der Waals surface area (Å²) < 4.78 is 12.7. The smallest absolute Gasteiger partial charge is 0.320 e. The van der Waals surface area contributed by atoms with E-state index in [4.69, 9.17) is 10.2 Å². The lowest BCUT2D eigenvalue weighted by molar-refractivity contribution is -0.170. The van der Waals surface area contributed by atoms with E-state index in [1.54, 1.807) is 0 Å². The second kappa shape index (κ2) is 44.4. The second-order valence-electron chi connectivity index (χ2n) is 2.85. The van der Waals surface area contributed by atoms with E-state index in [0.717, 1.165) is 0 Å². The summed E-state index contributed by atoms with van der Waals surface area (Å²) in [5, 5.41) is 16.5. The van der Waals surface area contributed by atoms with E-state index in [9.17, 15) is 19.2 Å². The van der Waals surface area contributed by atoms with Gasteiger partial charge >= 0.3 is 17.9 Å². The summed E-state index contributed by atoms with van der Waals surface area (Å²) in [6, 6.07) is 0. The molecule has 0 amide bonds. The van der Waals surface area contributed by atoms with Crippen molar-refractivity contribution in [1.29, 1.82) is 0 Å². The molecule has 2 N–H and O–H groups in total. The van der Waals surface area contributed by atoms with Crippen molar-refractivity contribution in [1.82, 2.24) is 0 Å². The van der Waals surface area contributed by atoms with Crippen molar-refractivity contribution in [2.45, 2.75) is 87.1 Å². The third kappa shape index (κ3) is 43.9. The van der Waals surface area contributed by atoms with Crippen molar-refractivity contribution in [2.75, 3.05) is 20.2 Å². The van der Waals surface area contributed by atoms with E-state index >= 15 is 0 Å². The zero-order valence-electron chi connectivity index (χ0n) is 9.29. The highest BCUT2D eigenvalue weighted by atomic mass is 16.7. The summed E-state index contributed by atoms with van der Waals surface area (Å²) in [6.45, 7) is -2.41.